The van der Waals surface area contributed by atoms with Gasteiger partial charge in [0.2, 0.25) is 5.91 Å². The third-order valence-electron chi connectivity index (χ3n) is 4.17. The van der Waals surface area contributed by atoms with E-state index in [0.29, 0.717) is 13.0 Å². The molecule has 3 heterocycles. The van der Waals surface area contributed by atoms with E-state index in [2.05, 4.69) is 15.2 Å². The van der Waals surface area contributed by atoms with Crippen LogP contribution in [0.25, 0.3) is 0 Å². The molecule has 0 saturated carbocycles. The van der Waals surface area contributed by atoms with Crippen LogP contribution in [0.4, 0.5) is 4.79 Å². The van der Waals surface area contributed by atoms with Gasteiger partial charge in [-0.05, 0) is 25.5 Å². The molecule has 0 aliphatic carbocycles. The van der Waals surface area contributed by atoms with E-state index in [4.69, 9.17) is 0 Å². The summed E-state index contributed by atoms with van der Waals surface area (Å²) in [6.45, 7) is 3.47. The third kappa shape index (κ3) is 2.51. The van der Waals surface area contributed by atoms with E-state index in [9.17, 15) is 14.4 Å². The van der Waals surface area contributed by atoms with Crippen LogP contribution in [0.1, 0.15) is 31.5 Å². The smallest absolute Gasteiger partial charge is 0.322 e. The number of hydrogen-bond donors (Lipinski definition) is 2. The lowest BCUT2D eigenvalue weighted by Crippen LogP contribution is -2.41. The van der Waals surface area contributed by atoms with Gasteiger partial charge in [0.1, 0.15) is 6.04 Å². The standard InChI is InChI=1S/C14H18N4O3/c1-9-11-3-2-6-17(11)7-8-18(9)12(19)5-4-10-13(20)16-14(21)15-10/h2-3,6,9-10H,4-5,7-8H2,1H3,(H2,15,16,20,21). The summed E-state index contributed by atoms with van der Waals surface area (Å²) in [4.78, 5) is 36.7. The van der Waals surface area contributed by atoms with Crippen molar-refractivity contribution in [1.29, 1.82) is 0 Å². The van der Waals surface area contributed by atoms with Crippen LogP contribution >= 0.6 is 0 Å². The monoisotopic (exact) mass is 290 g/mol. The minimum atomic E-state index is -0.592. The van der Waals surface area contributed by atoms with Crippen LogP contribution < -0.4 is 10.6 Å². The molecule has 7 nitrogen and oxygen atoms in total. The molecule has 1 aromatic heterocycles. The minimum Gasteiger partial charge on any atom is -0.348 e. The van der Waals surface area contributed by atoms with Crippen LogP contribution in [0.5, 0.6) is 0 Å². The molecule has 0 bridgehead atoms. The maximum atomic E-state index is 12.4. The van der Waals surface area contributed by atoms with Crippen LogP contribution in [0.3, 0.4) is 0 Å². The van der Waals surface area contributed by atoms with Crippen molar-refractivity contribution in [3.63, 3.8) is 0 Å². The Morgan fingerprint density at radius 3 is 2.90 bits per heavy atom. The average molecular weight is 290 g/mol. The highest BCUT2D eigenvalue weighted by atomic mass is 16.2. The Morgan fingerprint density at radius 2 is 2.19 bits per heavy atom. The molecule has 0 spiro atoms. The van der Waals surface area contributed by atoms with Crippen molar-refractivity contribution in [1.82, 2.24) is 20.1 Å². The summed E-state index contributed by atoms with van der Waals surface area (Å²) in [6.07, 6.45) is 2.61. The molecular formula is C14H18N4O3. The Morgan fingerprint density at radius 1 is 1.38 bits per heavy atom. The van der Waals surface area contributed by atoms with Crippen molar-refractivity contribution in [2.45, 2.75) is 38.4 Å². The first kappa shape index (κ1) is 13.7. The molecule has 7 heteroatoms. The van der Waals surface area contributed by atoms with Gasteiger partial charge < -0.3 is 14.8 Å². The SMILES string of the molecule is CC1c2cccn2CCN1C(=O)CCC1NC(=O)NC1=O. The lowest BCUT2D eigenvalue weighted by molar-refractivity contribution is -0.134. The van der Waals surface area contributed by atoms with Crippen molar-refractivity contribution < 1.29 is 14.4 Å². The number of fused-ring (bicyclic) bond motifs is 1. The summed E-state index contributed by atoms with van der Waals surface area (Å²) in [6, 6.07) is 2.97. The molecule has 2 unspecified atom stereocenters. The Bertz CT molecular complexity index is 595. The number of nitrogens with zero attached hydrogens (tertiary/aromatic N) is 2. The van der Waals surface area contributed by atoms with Crippen molar-refractivity contribution in [2.75, 3.05) is 6.54 Å². The van der Waals surface area contributed by atoms with Gasteiger partial charge in [-0.2, -0.15) is 0 Å². The summed E-state index contributed by atoms with van der Waals surface area (Å²) in [7, 11) is 0. The molecule has 0 aromatic carbocycles. The predicted molar refractivity (Wildman–Crippen MR) is 74.3 cm³/mol. The van der Waals surface area contributed by atoms with Gasteiger partial charge in [-0.3, -0.25) is 14.9 Å². The highest BCUT2D eigenvalue weighted by molar-refractivity contribution is 6.04. The summed E-state index contributed by atoms with van der Waals surface area (Å²) in [5.41, 5.74) is 1.13. The molecular weight excluding hydrogens is 272 g/mol. The number of aromatic nitrogens is 1. The second-order valence-corrected chi connectivity index (χ2v) is 5.44. The second kappa shape index (κ2) is 5.23. The molecule has 112 valence electrons. The zero-order valence-electron chi connectivity index (χ0n) is 11.8. The van der Waals surface area contributed by atoms with Gasteiger partial charge in [0.15, 0.2) is 0 Å². The van der Waals surface area contributed by atoms with Gasteiger partial charge in [-0.25, -0.2) is 4.79 Å². The molecule has 1 saturated heterocycles. The molecule has 2 aliphatic rings. The lowest BCUT2D eigenvalue weighted by Gasteiger charge is -2.35. The topological polar surface area (TPSA) is 83.4 Å². The van der Waals surface area contributed by atoms with Crippen molar-refractivity contribution in [3.05, 3.63) is 24.0 Å². The Kier molecular flexibility index (Phi) is 3.40. The number of nitrogens with one attached hydrogen (secondary N) is 2. The van der Waals surface area contributed by atoms with E-state index in [1.165, 1.54) is 0 Å². The zero-order chi connectivity index (χ0) is 15.0. The predicted octanol–water partition coefficient (Wildman–Crippen LogP) is 0.380. The normalized spacial score (nSPS) is 24.5. The second-order valence-electron chi connectivity index (χ2n) is 5.44. The first-order chi connectivity index (χ1) is 10.1. The number of carbonyl (C=O) groups excluding carboxylic acids is 3. The van der Waals surface area contributed by atoms with Gasteiger partial charge >= 0.3 is 6.03 Å². The van der Waals surface area contributed by atoms with Crippen LogP contribution in [0.2, 0.25) is 0 Å². The molecule has 1 fully saturated rings. The molecule has 0 radical (unpaired) electrons. The Hall–Kier alpha value is -2.31. The lowest BCUT2D eigenvalue weighted by atomic mass is 10.1. The fraction of sp³-hybridized carbons (Fsp3) is 0.500. The number of carbonyl (C=O) groups is 3. The molecule has 21 heavy (non-hydrogen) atoms. The van der Waals surface area contributed by atoms with Crippen molar-refractivity contribution >= 4 is 17.8 Å². The van der Waals surface area contributed by atoms with Gasteiger partial charge in [-0.1, -0.05) is 0 Å². The fourth-order valence-corrected chi connectivity index (χ4v) is 2.99. The number of rotatable bonds is 3. The highest BCUT2D eigenvalue weighted by Crippen LogP contribution is 2.26. The first-order valence-corrected chi connectivity index (χ1v) is 7.12. The van der Waals surface area contributed by atoms with Crippen LogP contribution in [-0.2, 0) is 16.1 Å². The number of imide groups is 1. The number of amides is 4. The summed E-state index contributed by atoms with van der Waals surface area (Å²) < 4.78 is 2.15. The fourth-order valence-electron chi connectivity index (χ4n) is 2.99. The summed E-state index contributed by atoms with van der Waals surface area (Å²) >= 11 is 0. The van der Waals surface area contributed by atoms with Gasteiger partial charge in [0.25, 0.3) is 5.91 Å². The average Bonchev–Trinajstić information content (AvgIpc) is 3.03. The van der Waals surface area contributed by atoms with Crippen LogP contribution in [0.15, 0.2) is 18.3 Å². The van der Waals surface area contributed by atoms with E-state index in [1.807, 2.05) is 30.2 Å². The van der Waals surface area contributed by atoms with Crippen LogP contribution in [0, 0.1) is 0 Å². The van der Waals surface area contributed by atoms with E-state index < -0.39 is 12.1 Å². The number of urea groups is 1. The van der Waals surface area contributed by atoms with Crippen LogP contribution in [-0.4, -0.2) is 39.9 Å². The highest BCUT2D eigenvalue weighted by Gasteiger charge is 2.32. The maximum Gasteiger partial charge on any atom is 0.322 e. The summed E-state index contributed by atoms with van der Waals surface area (Å²) in [5.74, 6) is -0.336. The maximum absolute atomic E-state index is 12.4. The molecule has 4 amide bonds. The van der Waals surface area contributed by atoms with E-state index in [-0.39, 0.29) is 24.3 Å². The molecule has 2 N–H and O–H groups in total. The largest absolute Gasteiger partial charge is 0.348 e. The van der Waals surface area contributed by atoms with Gasteiger partial charge in [0.05, 0.1) is 6.04 Å². The molecule has 2 aliphatic heterocycles. The van der Waals surface area contributed by atoms with Gasteiger partial charge in [0, 0.05) is 31.4 Å². The molecule has 2 atom stereocenters. The Balaban J connectivity index is 1.59. The first-order valence-electron chi connectivity index (χ1n) is 7.12. The van der Waals surface area contributed by atoms with E-state index >= 15 is 0 Å². The number of hydrogen-bond acceptors (Lipinski definition) is 3. The van der Waals surface area contributed by atoms with Crippen molar-refractivity contribution in [3.8, 4) is 0 Å². The van der Waals surface area contributed by atoms with Crippen molar-refractivity contribution in [2.24, 2.45) is 0 Å². The summed E-state index contributed by atoms with van der Waals surface area (Å²) in [5, 5.41) is 4.68. The Labute approximate surface area is 122 Å². The molecule has 3 rings (SSSR count). The third-order valence-corrected chi connectivity index (χ3v) is 4.17. The van der Waals surface area contributed by atoms with E-state index in [1.54, 1.807) is 0 Å². The quantitative estimate of drug-likeness (QED) is 0.789. The van der Waals surface area contributed by atoms with E-state index in [0.717, 1.165) is 12.2 Å². The molecule has 1 aromatic rings. The zero-order valence-corrected chi connectivity index (χ0v) is 11.8. The minimum absolute atomic E-state index is 0.0175. The van der Waals surface area contributed by atoms with Gasteiger partial charge in [-0.15, -0.1) is 0 Å².